The van der Waals surface area contributed by atoms with E-state index in [-0.39, 0.29) is 11.0 Å². The highest BCUT2D eigenvalue weighted by molar-refractivity contribution is 5.31. The van der Waals surface area contributed by atoms with E-state index in [2.05, 4.69) is 51.1 Å². The van der Waals surface area contributed by atoms with Gasteiger partial charge in [-0.15, -0.1) is 0 Å². The first-order chi connectivity index (χ1) is 9.03. The van der Waals surface area contributed by atoms with Gasteiger partial charge in [0.15, 0.2) is 0 Å². The highest BCUT2D eigenvalue weighted by Crippen LogP contribution is 2.45. The summed E-state index contributed by atoms with van der Waals surface area (Å²) in [5.41, 5.74) is 2.43. The van der Waals surface area contributed by atoms with Gasteiger partial charge in [-0.1, -0.05) is 36.8 Å². The average Bonchev–Trinajstić information content (AvgIpc) is 2.40. The maximum Gasteiger partial charge on any atom is 0.0660 e. The van der Waals surface area contributed by atoms with Crippen molar-refractivity contribution in [2.75, 3.05) is 6.61 Å². The van der Waals surface area contributed by atoms with Gasteiger partial charge in [0.05, 0.1) is 11.7 Å². The Bertz CT molecular complexity index is 473. The van der Waals surface area contributed by atoms with Crippen LogP contribution in [0, 0.1) is 18.3 Å². The van der Waals surface area contributed by atoms with E-state index in [4.69, 9.17) is 4.74 Å². The van der Waals surface area contributed by atoms with Crippen molar-refractivity contribution in [2.24, 2.45) is 0 Å². The summed E-state index contributed by atoms with van der Waals surface area (Å²) in [5.74, 6) is 0. The van der Waals surface area contributed by atoms with Crippen LogP contribution in [-0.4, -0.2) is 12.2 Å². The summed E-state index contributed by atoms with van der Waals surface area (Å²) < 4.78 is 5.95. The lowest BCUT2D eigenvalue weighted by atomic mass is 9.66. The molecule has 1 aliphatic heterocycles. The third kappa shape index (κ3) is 2.82. The van der Waals surface area contributed by atoms with E-state index in [1.54, 1.807) is 0 Å². The summed E-state index contributed by atoms with van der Waals surface area (Å²) >= 11 is 0. The molecule has 1 aromatic carbocycles. The van der Waals surface area contributed by atoms with Crippen LogP contribution < -0.4 is 0 Å². The molecular formula is C17H23NO. The lowest BCUT2D eigenvalue weighted by Gasteiger charge is -2.45. The second-order valence-electron chi connectivity index (χ2n) is 6.06. The van der Waals surface area contributed by atoms with E-state index in [1.165, 1.54) is 11.1 Å². The molecule has 19 heavy (non-hydrogen) atoms. The third-order valence-corrected chi connectivity index (χ3v) is 4.57. The Kier molecular flexibility index (Phi) is 3.96. The molecule has 0 radical (unpaired) electrons. The van der Waals surface area contributed by atoms with E-state index < -0.39 is 0 Å². The van der Waals surface area contributed by atoms with Gasteiger partial charge in [0.2, 0.25) is 0 Å². The molecule has 1 heterocycles. The van der Waals surface area contributed by atoms with Crippen molar-refractivity contribution in [3.63, 3.8) is 0 Å². The van der Waals surface area contributed by atoms with Crippen LogP contribution in [0.3, 0.4) is 0 Å². The predicted molar refractivity (Wildman–Crippen MR) is 77.0 cm³/mol. The highest BCUT2D eigenvalue weighted by Gasteiger charge is 2.43. The van der Waals surface area contributed by atoms with E-state index in [0.717, 1.165) is 25.9 Å². The third-order valence-electron chi connectivity index (χ3n) is 4.57. The summed E-state index contributed by atoms with van der Waals surface area (Å²) in [4.78, 5) is 0. The van der Waals surface area contributed by atoms with Gasteiger partial charge in [0.25, 0.3) is 0 Å². The molecule has 2 nitrogen and oxygen atoms in total. The molecule has 1 aromatic rings. The van der Waals surface area contributed by atoms with Crippen LogP contribution in [0.15, 0.2) is 24.3 Å². The fourth-order valence-corrected chi connectivity index (χ4v) is 3.13. The zero-order valence-corrected chi connectivity index (χ0v) is 12.2. The molecule has 1 saturated heterocycles. The van der Waals surface area contributed by atoms with Crippen LogP contribution in [-0.2, 0) is 10.2 Å². The quantitative estimate of drug-likeness (QED) is 0.815. The minimum Gasteiger partial charge on any atom is -0.375 e. The van der Waals surface area contributed by atoms with E-state index in [9.17, 15) is 5.26 Å². The van der Waals surface area contributed by atoms with Gasteiger partial charge in [0.1, 0.15) is 0 Å². The second-order valence-corrected chi connectivity index (χ2v) is 6.06. The van der Waals surface area contributed by atoms with Gasteiger partial charge in [0, 0.05) is 18.4 Å². The molecule has 0 bridgehead atoms. The standard InChI is InChI=1S/C17H23NO/c1-4-16(3)13-17(9-11-18,10-12-19-16)15-7-5-14(2)6-8-15/h5-8H,4,9-10,12-13H2,1-3H3/t16-,17+/m1/s1. The number of nitriles is 1. The number of hydrogen-bond acceptors (Lipinski definition) is 2. The average molecular weight is 257 g/mol. The van der Waals surface area contributed by atoms with Crippen LogP contribution in [0.25, 0.3) is 0 Å². The Labute approximate surface area is 116 Å². The van der Waals surface area contributed by atoms with Crippen LogP contribution in [0.2, 0.25) is 0 Å². The second kappa shape index (κ2) is 5.35. The molecule has 0 aromatic heterocycles. The van der Waals surface area contributed by atoms with Crippen molar-refractivity contribution < 1.29 is 4.74 Å². The Morgan fingerprint density at radius 2 is 2.00 bits per heavy atom. The van der Waals surface area contributed by atoms with E-state index >= 15 is 0 Å². The zero-order valence-electron chi connectivity index (χ0n) is 12.2. The van der Waals surface area contributed by atoms with Crippen molar-refractivity contribution in [2.45, 2.75) is 57.5 Å². The van der Waals surface area contributed by atoms with Gasteiger partial charge in [-0.2, -0.15) is 5.26 Å². The number of hydrogen-bond donors (Lipinski definition) is 0. The van der Waals surface area contributed by atoms with Crippen LogP contribution in [0.4, 0.5) is 0 Å². The van der Waals surface area contributed by atoms with Crippen molar-refractivity contribution >= 4 is 0 Å². The molecule has 0 N–H and O–H groups in total. The topological polar surface area (TPSA) is 33.0 Å². The first-order valence-corrected chi connectivity index (χ1v) is 7.12. The van der Waals surface area contributed by atoms with Crippen LogP contribution in [0.1, 0.15) is 50.7 Å². The molecule has 0 spiro atoms. The van der Waals surface area contributed by atoms with Crippen molar-refractivity contribution in [1.29, 1.82) is 5.26 Å². The Morgan fingerprint density at radius 3 is 2.58 bits per heavy atom. The number of rotatable bonds is 3. The minimum atomic E-state index is -0.0972. The van der Waals surface area contributed by atoms with Crippen molar-refractivity contribution in [3.8, 4) is 6.07 Å². The lowest BCUT2D eigenvalue weighted by molar-refractivity contribution is -0.0957. The predicted octanol–water partition coefficient (Wildman–Crippen LogP) is 4.13. The molecule has 0 aliphatic carbocycles. The minimum absolute atomic E-state index is 0.0363. The lowest BCUT2D eigenvalue weighted by Crippen LogP contribution is -2.45. The first-order valence-electron chi connectivity index (χ1n) is 7.12. The summed E-state index contributed by atoms with van der Waals surface area (Å²) in [7, 11) is 0. The normalized spacial score (nSPS) is 30.8. The van der Waals surface area contributed by atoms with Gasteiger partial charge in [-0.3, -0.25) is 0 Å². The number of benzene rings is 1. The molecule has 0 saturated carbocycles. The van der Waals surface area contributed by atoms with Gasteiger partial charge < -0.3 is 4.74 Å². The van der Waals surface area contributed by atoms with E-state index in [0.29, 0.717) is 6.42 Å². The van der Waals surface area contributed by atoms with Gasteiger partial charge in [-0.05, 0) is 38.7 Å². The molecule has 0 unspecified atom stereocenters. The van der Waals surface area contributed by atoms with Gasteiger partial charge >= 0.3 is 0 Å². The number of aryl methyl sites for hydroxylation is 1. The summed E-state index contributed by atoms with van der Waals surface area (Å²) in [6.45, 7) is 7.19. The summed E-state index contributed by atoms with van der Waals surface area (Å²) in [6, 6.07) is 11.1. The van der Waals surface area contributed by atoms with Crippen LogP contribution >= 0.6 is 0 Å². The zero-order chi connectivity index (χ0) is 13.9. The van der Waals surface area contributed by atoms with Crippen molar-refractivity contribution in [1.82, 2.24) is 0 Å². The van der Waals surface area contributed by atoms with Crippen molar-refractivity contribution in [3.05, 3.63) is 35.4 Å². The molecule has 2 rings (SSSR count). The largest absolute Gasteiger partial charge is 0.375 e. The monoisotopic (exact) mass is 257 g/mol. The molecule has 102 valence electrons. The van der Waals surface area contributed by atoms with Gasteiger partial charge in [-0.25, -0.2) is 0 Å². The molecule has 1 aliphatic rings. The fraction of sp³-hybridized carbons (Fsp3) is 0.588. The van der Waals surface area contributed by atoms with E-state index in [1.807, 2.05) is 0 Å². The summed E-state index contributed by atoms with van der Waals surface area (Å²) in [6.07, 6.45) is 3.45. The molecule has 2 heteroatoms. The maximum atomic E-state index is 9.25. The van der Waals surface area contributed by atoms with Crippen LogP contribution in [0.5, 0.6) is 0 Å². The molecule has 0 amide bonds. The molecular weight excluding hydrogens is 234 g/mol. The first kappa shape index (κ1) is 14.1. The Balaban J connectivity index is 2.37. The Hall–Kier alpha value is -1.33. The SMILES string of the molecule is CC[C@]1(C)C[C@@](CC#N)(c2ccc(C)cc2)CCO1. The highest BCUT2D eigenvalue weighted by atomic mass is 16.5. The number of nitrogens with zero attached hydrogens (tertiary/aromatic N) is 1. The Morgan fingerprint density at radius 1 is 1.32 bits per heavy atom. The maximum absolute atomic E-state index is 9.25. The summed E-state index contributed by atoms with van der Waals surface area (Å²) in [5, 5.41) is 9.25. The smallest absolute Gasteiger partial charge is 0.0660 e. The fourth-order valence-electron chi connectivity index (χ4n) is 3.13. The molecule has 1 fully saturated rings. The number of ether oxygens (including phenoxy) is 1. The molecule has 2 atom stereocenters.